The Bertz CT molecular complexity index is 2030. The summed E-state index contributed by atoms with van der Waals surface area (Å²) in [5.41, 5.74) is 14.3. The minimum absolute atomic E-state index is 0.0215. The van der Waals surface area contributed by atoms with Crippen LogP contribution in [0.4, 0.5) is 0 Å². The summed E-state index contributed by atoms with van der Waals surface area (Å²) in [6, 6.07) is 6.40. The number of allylic oxidation sites excluding steroid dienone is 2. The van der Waals surface area contributed by atoms with E-state index in [9.17, 15) is 9.59 Å². The molecule has 0 aliphatic carbocycles. The van der Waals surface area contributed by atoms with E-state index in [0.717, 1.165) is 74.4 Å². The van der Waals surface area contributed by atoms with Gasteiger partial charge in [0.2, 0.25) is 0 Å². The number of esters is 1. The van der Waals surface area contributed by atoms with Crippen LogP contribution in [-0.2, 0) is 30.2 Å². The summed E-state index contributed by atoms with van der Waals surface area (Å²) < 4.78 is 21.4. The minimum Gasteiger partial charge on any atom is -0.469 e. The average molecular weight is 728 g/mol. The molecule has 0 fully saturated rings. The summed E-state index contributed by atoms with van der Waals surface area (Å²) in [6.45, 7) is 17.6. The Hall–Kier alpha value is -4.32. The van der Waals surface area contributed by atoms with Crippen molar-refractivity contribution in [1.82, 2.24) is 24.8 Å². The van der Waals surface area contributed by atoms with Crippen molar-refractivity contribution in [2.45, 2.75) is 86.0 Å². The van der Waals surface area contributed by atoms with Gasteiger partial charge in [0.25, 0.3) is 5.91 Å². The first-order valence-electron chi connectivity index (χ1n) is 18.9. The molecule has 11 heteroatoms. The van der Waals surface area contributed by atoms with Gasteiger partial charge >= 0.3 is 5.97 Å². The van der Waals surface area contributed by atoms with E-state index in [4.69, 9.17) is 28.9 Å². The molecule has 8 bridgehead atoms. The first kappa shape index (κ1) is 39.9. The molecule has 3 aromatic heterocycles. The van der Waals surface area contributed by atoms with Crippen molar-refractivity contribution in [2.75, 3.05) is 60.8 Å². The fraction of sp³-hybridized carbons (Fsp3) is 0.524. The molecule has 0 aromatic carbocycles. The molecule has 11 nitrogen and oxygen atoms in total. The summed E-state index contributed by atoms with van der Waals surface area (Å²) in [6.07, 6.45) is 2.53. The summed E-state index contributed by atoms with van der Waals surface area (Å²) in [7, 11) is 4.86. The number of nitrogens with one attached hydrogen (secondary N) is 2. The number of hydrogen-bond donors (Lipinski definition) is 2. The smallest absolute Gasteiger partial charge is 0.305 e. The third-order valence-corrected chi connectivity index (χ3v) is 10.9. The molecular weight excluding hydrogens is 670 g/mol. The molecule has 0 saturated carbocycles. The standard InChI is InChI=1S/C42H57N5O6/c1-11-29-24(3)32-21-34-26(5)31(13-14-38(48)51-10)40(45-34)28(7)41-39(42(49)47(8)15-16-52-19-20-53-18-17-50-9)27(6)35(46-41)23-37-30(12-2)25(4)33(44-37)22-36(29)43-32/h21-23,26,31,43,46H,11-20H2,1-10H3/t26-,31-/m0/s1. The molecule has 5 rings (SSSR count). The Labute approximate surface area is 313 Å². The molecule has 3 aromatic rings. The Morgan fingerprint density at radius 1 is 0.811 bits per heavy atom. The molecule has 2 aliphatic rings. The lowest BCUT2D eigenvalue weighted by atomic mass is 9.85. The second-order valence-electron chi connectivity index (χ2n) is 14.1. The van der Waals surface area contributed by atoms with Crippen LogP contribution in [0, 0.1) is 20.8 Å². The number of rotatable bonds is 15. The zero-order valence-electron chi connectivity index (χ0n) is 33.2. The summed E-state index contributed by atoms with van der Waals surface area (Å²) in [5.74, 6) is -0.409. The lowest BCUT2D eigenvalue weighted by molar-refractivity contribution is -0.140. The SMILES string of the molecule is CCC1=C(C)c2cc3[nH]c(cc4nc(c(C)c5[nH]c(cc1n2)c(C)c5C(=O)N(C)CCOCCOCCOC)[C@@H](CCC(=O)OC)[C@@H]4C)c(C)c3CC. The average Bonchev–Trinajstić information content (AvgIpc) is 3.83. The topological polar surface area (TPSA) is 132 Å². The van der Waals surface area contributed by atoms with Crippen molar-refractivity contribution in [2.24, 2.45) is 0 Å². The highest BCUT2D eigenvalue weighted by Gasteiger charge is 2.32. The Kier molecular flexibility index (Phi) is 13.3. The number of hydrogen-bond acceptors (Lipinski definition) is 8. The predicted molar refractivity (Wildman–Crippen MR) is 210 cm³/mol. The maximum absolute atomic E-state index is 14.4. The van der Waals surface area contributed by atoms with Crippen molar-refractivity contribution < 1.29 is 28.5 Å². The van der Waals surface area contributed by atoms with Gasteiger partial charge in [0.15, 0.2) is 0 Å². The number of H-pyrrole nitrogens is 2. The number of aromatic nitrogens is 4. The number of fused-ring (bicyclic) bond motifs is 8. The van der Waals surface area contributed by atoms with Gasteiger partial charge in [0, 0.05) is 66.9 Å². The normalized spacial score (nSPS) is 15.7. The van der Waals surface area contributed by atoms with Crippen molar-refractivity contribution in [3.63, 3.8) is 0 Å². The third kappa shape index (κ3) is 8.42. The van der Waals surface area contributed by atoms with Crippen molar-refractivity contribution >= 4 is 45.1 Å². The van der Waals surface area contributed by atoms with Crippen LogP contribution in [0.2, 0.25) is 0 Å². The van der Waals surface area contributed by atoms with Gasteiger partial charge < -0.3 is 33.8 Å². The Balaban J connectivity index is 1.72. The van der Waals surface area contributed by atoms with E-state index in [1.807, 2.05) is 13.8 Å². The zero-order valence-corrected chi connectivity index (χ0v) is 33.2. The highest BCUT2D eigenvalue weighted by atomic mass is 16.5. The highest BCUT2D eigenvalue weighted by molar-refractivity contribution is 6.06. The van der Waals surface area contributed by atoms with Gasteiger partial charge in [0.05, 0.1) is 62.6 Å². The van der Waals surface area contributed by atoms with E-state index in [1.165, 1.54) is 23.8 Å². The van der Waals surface area contributed by atoms with Crippen LogP contribution in [0.5, 0.6) is 0 Å². The van der Waals surface area contributed by atoms with Gasteiger partial charge in [-0.2, -0.15) is 0 Å². The molecule has 0 radical (unpaired) electrons. The predicted octanol–water partition coefficient (Wildman–Crippen LogP) is 7.74. The molecule has 53 heavy (non-hydrogen) atoms. The molecular formula is C42H57N5O6. The molecule has 2 atom stereocenters. The van der Waals surface area contributed by atoms with E-state index in [2.05, 4.69) is 62.8 Å². The molecule has 5 heterocycles. The highest BCUT2D eigenvalue weighted by Crippen LogP contribution is 2.42. The number of nitrogens with zero attached hydrogens (tertiary/aromatic N) is 3. The molecule has 286 valence electrons. The zero-order chi connectivity index (χ0) is 38.4. The van der Waals surface area contributed by atoms with Crippen LogP contribution in [0.3, 0.4) is 0 Å². The van der Waals surface area contributed by atoms with Gasteiger partial charge in [-0.3, -0.25) is 14.6 Å². The third-order valence-electron chi connectivity index (χ3n) is 10.9. The van der Waals surface area contributed by atoms with E-state index in [1.54, 1.807) is 19.1 Å². The van der Waals surface area contributed by atoms with E-state index in [0.29, 0.717) is 51.6 Å². The first-order chi connectivity index (χ1) is 25.4. The number of amides is 1. The van der Waals surface area contributed by atoms with Gasteiger partial charge in [-0.25, -0.2) is 4.98 Å². The second kappa shape index (κ2) is 17.7. The lowest BCUT2D eigenvalue weighted by Gasteiger charge is -2.19. The molecule has 0 unspecified atom stereocenters. The van der Waals surface area contributed by atoms with E-state index in [-0.39, 0.29) is 30.1 Å². The fourth-order valence-electron chi connectivity index (χ4n) is 7.60. The largest absolute Gasteiger partial charge is 0.469 e. The number of methoxy groups -OCH3 is 2. The first-order valence-corrected chi connectivity index (χ1v) is 18.9. The van der Waals surface area contributed by atoms with Crippen LogP contribution in [0.25, 0.3) is 33.2 Å². The maximum atomic E-state index is 14.4. The molecule has 1 amide bonds. The number of ether oxygens (including phenoxy) is 4. The number of likely N-dealkylation sites (N-methyl/N-ethyl adjacent to an activating group) is 1. The summed E-state index contributed by atoms with van der Waals surface area (Å²) in [5, 5.41) is 0. The van der Waals surface area contributed by atoms with Crippen molar-refractivity contribution in [1.29, 1.82) is 0 Å². The number of carbonyl (C=O) groups is 2. The molecule has 2 aliphatic heterocycles. The van der Waals surface area contributed by atoms with Crippen molar-refractivity contribution in [3.8, 4) is 0 Å². The van der Waals surface area contributed by atoms with Crippen LogP contribution in [0.1, 0.15) is 114 Å². The number of aryl methyl sites for hydroxylation is 4. The Morgan fingerprint density at radius 3 is 2.17 bits per heavy atom. The van der Waals surface area contributed by atoms with Crippen LogP contribution >= 0.6 is 0 Å². The van der Waals surface area contributed by atoms with Gasteiger partial charge in [-0.1, -0.05) is 20.8 Å². The van der Waals surface area contributed by atoms with Gasteiger partial charge in [-0.05, 0) is 98.6 Å². The molecule has 0 saturated heterocycles. The van der Waals surface area contributed by atoms with E-state index < -0.39 is 0 Å². The maximum Gasteiger partial charge on any atom is 0.305 e. The summed E-state index contributed by atoms with van der Waals surface area (Å²) >= 11 is 0. The number of aromatic amines is 2. The summed E-state index contributed by atoms with van der Waals surface area (Å²) in [4.78, 5) is 46.4. The second-order valence-corrected chi connectivity index (χ2v) is 14.1. The number of carbonyl (C=O) groups excluding carboxylic acids is 2. The van der Waals surface area contributed by atoms with Crippen molar-refractivity contribution in [3.05, 3.63) is 68.8 Å². The monoisotopic (exact) mass is 727 g/mol. The lowest BCUT2D eigenvalue weighted by Crippen LogP contribution is -2.31. The molecule has 0 spiro atoms. The Morgan fingerprint density at radius 2 is 1.49 bits per heavy atom. The van der Waals surface area contributed by atoms with Gasteiger partial charge in [0.1, 0.15) is 0 Å². The van der Waals surface area contributed by atoms with Gasteiger partial charge in [-0.15, -0.1) is 0 Å². The molecule has 2 N–H and O–H groups in total. The quantitative estimate of drug-likeness (QED) is 0.120. The minimum atomic E-state index is -0.254. The van der Waals surface area contributed by atoms with Crippen LogP contribution in [0.15, 0.2) is 18.2 Å². The van der Waals surface area contributed by atoms with Crippen LogP contribution in [-0.4, -0.2) is 97.6 Å². The van der Waals surface area contributed by atoms with E-state index >= 15 is 0 Å². The van der Waals surface area contributed by atoms with Crippen LogP contribution < -0.4 is 0 Å². The fourth-order valence-corrected chi connectivity index (χ4v) is 7.60.